The normalized spacial score (nSPS) is 12.0. The fourth-order valence-electron chi connectivity index (χ4n) is 0.0500. The van der Waals surface area contributed by atoms with Gasteiger partial charge in [-0.2, -0.15) is 25.3 Å². The highest BCUT2D eigenvalue weighted by molar-refractivity contribution is 7.81. The van der Waals surface area contributed by atoms with Gasteiger partial charge in [0.2, 0.25) is 0 Å². The van der Waals surface area contributed by atoms with Gasteiger partial charge in [-0.3, -0.25) is 0 Å². The largest absolute Gasteiger partial charge is 0.324 e. The summed E-state index contributed by atoms with van der Waals surface area (Å²) in [5.74, 6) is 1.38. The lowest BCUT2D eigenvalue weighted by Gasteiger charge is -2.17. The van der Waals surface area contributed by atoms with Crippen molar-refractivity contribution in [2.24, 2.45) is 5.73 Å². The van der Waals surface area contributed by atoms with Crippen LogP contribution < -0.4 is 5.73 Å². The summed E-state index contributed by atoms with van der Waals surface area (Å²) in [6.07, 6.45) is 0. The molecule has 7 heavy (non-hydrogen) atoms. The molecule has 0 rings (SSSR count). The molecule has 0 bridgehead atoms. The number of hydrogen-bond donors (Lipinski definition) is 3. The van der Waals surface area contributed by atoms with Crippen LogP contribution in [0, 0.1) is 0 Å². The molecule has 2 N–H and O–H groups in total. The first-order chi connectivity index (χ1) is 3.12. The Bertz CT molecular complexity index is 47.7. The number of hydrogen-bond acceptors (Lipinski definition) is 3. The third-order valence-electron chi connectivity index (χ3n) is 0.722. The molecule has 44 valence electrons. The minimum absolute atomic E-state index is 0.188. The maximum Gasteiger partial charge on any atom is 0.0304 e. The standard InChI is InChI=1S/C4H11NS2/c1-4(5,2-6)3-7/h6-7H,2-3,5H2,1H3. The molecule has 0 saturated carbocycles. The van der Waals surface area contributed by atoms with Crippen molar-refractivity contribution in [3.8, 4) is 0 Å². The lowest BCUT2D eigenvalue weighted by Crippen LogP contribution is -2.40. The molecule has 0 aliphatic carbocycles. The molecule has 0 aromatic rings. The van der Waals surface area contributed by atoms with Crippen LogP contribution in [-0.4, -0.2) is 17.0 Å². The summed E-state index contributed by atoms with van der Waals surface area (Å²) in [4.78, 5) is 0. The second-order valence-corrected chi connectivity index (χ2v) is 2.60. The van der Waals surface area contributed by atoms with Gasteiger partial charge in [0, 0.05) is 17.0 Å². The molecular formula is C4H11NS2. The molecule has 0 spiro atoms. The smallest absolute Gasteiger partial charge is 0.0304 e. The number of rotatable bonds is 2. The Kier molecular flexibility index (Phi) is 3.11. The van der Waals surface area contributed by atoms with E-state index in [0.717, 1.165) is 0 Å². The molecule has 3 heteroatoms. The maximum absolute atomic E-state index is 5.56. The summed E-state index contributed by atoms with van der Waals surface area (Å²) < 4.78 is 0. The second kappa shape index (κ2) is 2.84. The number of thiol groups is 2. The molecule has 0 aliphatic rings. The first-order valence-corrected chi connectivity index (χ1v) is 3.39. The van der Waals surface area contributed by atoms with E-state index in [2.05, 4.69) is 25.3 Å². The average Bonchev–Trinajstić information content (AvgIpc) is 1.68. The first-order valence-electron chi connectivity index (χ1n) is 2.13. The molecule has 0 amide bonds. The monoisotopic (exact) mass is 137 g/mol. The minimum Gasteiger partial charge on any atom is -0.324 e. The van der Waals surface area contributed by atoms with E-state index in [1.807, 2.05) is 6.92 Å². The summed E-state index contributed by atoms with van der Waals surface area (Å²) in [5.41, 5.74) is 5.37. The van der Waals surface area contributed by atoms with E-state index in [-0.39, 0.29) is 5.54 Å². The molecular weight excluding hydrogens is 126 g/mol. The zero-order valence-corrected chi connectivity index (χ0v) is 6.17. The van der Waals surface area contributed by atoms with Gasteiger partial charge >= 0.3 is 0 Å². The van der Waals surface area contributed by atoms with E-state index in [9.17, 15) is 0 Å². The molecule has 0 aliphatic heterocycles. The van der Waals surface area contributed by atoms with Crippen LogP contribution in [0.2, 0.25) is 0 Å². The van der Waals surface area contributed by atoms with E-state index in [1.54, 1.807) is 0 Å². The highest BCUT2D eigenvalue weighted by atomic mass is 32.1. The van der Waals surface area contributed by atoms with Gasteiger partial charge in [0.05, 0.1) is 0 Å². The fraction of sp³-hybridized carbons (Fsp3) is 1.00. The van der Waals surface area contributed by atoms with Gasteiger partial charge in [-0.05, 0) is 6.92 Å². The SMILES string of the molecule is CC(N)(CS)CS. The molecule has 0 aromatic heterocycles. The molecule has 0 aromatic carbocycles. The van der Waals surface area contributed by atoms with Crippen molar-refractivity contribution >= 4 is 25.3 Å². The Morgan fingerprint density at radius 1 is 1.43 bits per heavy atom. The lowest BCUT2D eigenvalue weighted by molar-refractivity contribution is 0.606. The van der Waals surface area contributed by atoms with Gasteiger partial charge in [-0.25, -0.2) is 0 Å². The van der Waals surface area contributed by atoms with E-state index < -0.39 is 0 Å². The van der Waals surface area contributed by atoms with Crippen molar-refractivity contribution in [3.63, 3.8) is 0 Å². The third kappa shape index (κ3) is 3.26. The van der Waals surface area contributed by atoms with Crippen molar-refractivity contribution < 1.29 is 0 Å². The summed E-state index contributed by atoms with van der Waals surface area (Å²) in [6.45, 7) is 1.92. The van der Waals surface area contributed by atoms with Crippen LogP contribution in [0.15, 0.2) is 0 Å². The summed E-state index contributed by atoms with van der Waals surface area (Å²) in [6, 6.07) is 0. The maximum atomic E-state index is 5.56. The highest BCUT2D eigenvalue weighted by Crippen LogP contribution is 2.01. The van der Waals surface area contributed by atoms with Gasteiger partial charge in [0.1, 0.15) is 0 Å². The van der Waals surface area contributed by atoms with Crippen molar-refractivity contribution in [2.75, 3.05) is 11.5 Å². The molecule has 0 radical (unpaired) electrons. The Morgan fingerprint density at radius 2 is 1.71 bits per heavy atom. The van der Waals surface area contributed by atoms with Crippen LogP contribution in [0.25, 0.3) is 0 Å². The fourth-order valence-corrected chi connectivity index (χ4v) is 0.450. The summed E-state index contributed by atoms with van der Waals surface area (Å²) in [7, 11) is 0. The Morgan fingerprint density at radius 3 is 1.71 bits per heavy atom. The van der Waals surface area contributed by atoms with Crippen LogP contribution in [-0.2, 0) is 0 Å². The van der Waals surface area contributed by atoms with Crippen molar-refractivity contribution in [1.29, 1.82) is 0 Å². The van der Waals surface area contributed by atoms with E-state index >= 15 is 0 Å². The predicted octanol–water partition coefficient (Wildman–Crippen LogP) is 0.563. The summed E-state index contributed by atoms with van der Waals surface area (Å²) >= 11 is 8.01. The first kappa shape index (κ1) is 7.66. The van der Waals surface area contributed by atoms with Crippen molar-refractivity contribution in [1.82, 2.24) is 0 Å². The van der Waals surface area contributed by atoms with Crippen LogP contribution in [0.1, 0.15) is 6.92 Å². The average molecular weight is 137 g/mol. The topological polar surface area (TPSA) is 26.0 Å². The van der Waals surface area contributed by atoms with E-state index in [0.29, 0.717) is 11.5 Å². The second-order valence-electron chi connectivity index (χ2n) is 1.97. The molecule has 0 heterocycles. The van der Waals surface area contributed by atoms with Gasteiger partial charge in [0.15, 0.2) is 0 Å². The molecule has 1 nitrogen and oxygen atoms in total. The lowest BCUT2D eigenvalue weighted by atomic mass is 10.1. The zero-order chi connectivity index (χ0) is 5.91. The number of nitrogens with two attached hydrogens (primary N) is 1. The van der Waals surface area contributed by atoms with Crippen molar-refractivity contribution in [2.45, 2.75) is 12.5 Å². The zero-order valence-electron chi connectivity index (χ0n) is 4.39. The predicted molar refractivity (Wildman–Crippen MR) is 40.3 cm³/mol. The van der Waals surface area contributed by atoms with Crippen LogP contribution >= 0.6 is 25.3 Å². The molecule has 0 unspecified atom stereocenters. The van der Waals surface area contributed by atoms with Crippen LogP contribution in [0.5, 0.6) is 0 Å². The highest BCUT2D eigenvalue weighted by Gasteiger charge is 2.11. The van der Waals surface area contributed by atoms with Gasteiger partial charge in [-0.15, -0.1) is 0 Å². The van der Waals surface area contributed by atoms with Gasteiger partial charge < -0.3 is 5.73 Å². The van der Waals surface area contributed by atoms with E-state index in [1.165, 1.54) is 0 Å². The van der Waals surface area contributed by atoms with Gasteiger partial charge in [-0.1, -0.05) is 0 Å². The quantitative estimate of drug-likeness (QED) is 0.476. The Labute approximate surface area is 55.5 Å². The molecule has 0 fully saturated rings. The van der Waals surface area contributed by atoms with Crippen LogP contribution in [0.4, 0.5) is 0 Å². The Balaban J connectivity index is 3.36. The molecule has 0 saturated heterocycles. The van der Waals surface area contributed by atoms with Crippen LogP contribution in [0.3, 0.4) is 0 Å². The summed E-state index contributed by atoms with van der Waals surface area (Å²) in [5, 5.41) is 0. The Hall–Kier alpha value is 0.660. The van der Waals surface area contributed by atoms with E-state index in [4.69, 9.17) is 5.73 Å². The van der Waals surface area contributed by atoms with Crippen molar-refractivity contribution in [3.05, 3.63) is 0 Å². The molecule has 0 atom stereocenters. The third-order valence-corrected chi connectivity index (χ3v) is 2.17. The van der Waals surface area contributed by atoms with Gasteiger partial charge in [0.25, 0.3) is 0 Å². The minimum atomic E-state index is -0.188.